The molecule has 0 aliphatic rings. The van der Waals surface area contributed by atoms with E-state index in [2.05, 4.69) is 15.5 Å². The van der Waals surface area contributed by atoms with Crippen LogP contribution in [0, 0.1) is 5.82 Å². The molecule has 1 amide bonds. The van der Waals surface area contributed by atoms with Crippen molar-refractivity contribution in [1.82, 2.24) is 10.1 Å². The molecule has 0 unspecified atom stereocenters. The molecule has 0 aliphatic heterocycles. The predicted octanol–water partition coefficient (Wildman–Crippen LogP) is 4.29. The fourth-order valence-electron chi connectivity index (χ4n) is 2.62. The van der Waals surface area contributed by atoms with Crippen LogP contribution in [0.2, 0.25) is 0 Å². The molecule has 134 valence electrons. The Labute approximate surface area is 153 Å². The number of benzene rings is 2. The van der Waals surface area contributed by atoms with Crippen molar-refractivity contribution < 1.29 is 18.4 Å². The molecule has 0 fully saturated rings. The number of amides is 1. The molecule has 0 radical (unpaired) electrons. The third-order valence-corrected chi connectivity index (χ3v) is 4.02. The topological polar surface area (TPSA) is 77.2 Å². The molecule has 2 heterocycles. The van der Waals surface area contributed by atoms with Gasteiger partial charge in [-0.1, -0.05) is 5.16 Å². The zero-order valence-corrected chi connectivity index (χ0v) is 14.3. The maximum Gasteiger partial charge on any atom is 0.277 e. The molecule has 6 nitrogen and oxygen atoms in total. The lowest BCUT2D eigenvalue weighted by Gasteiger charge is -2.05. The van der Waals surface area contributed by atoms with Crippen molar-refractivity contribution in [3.05, 3.63) is 72.3 Å². The van der Waals surface area contributed by atoms with Gasteiger partial charge in [0.2, 0.25) is 0 Å². The van der Waals surface area contributed by atoms with Crippen molar-refractivity contribution in [3.63, 3.8) is 0 Å². The van der Waals surface area contributed by atoms with Gasteiger partial charge in [-0.2, -0.15) is 0 Å². The number of hydrogen-bond acceptors (Lipinski definition) is 5. The van der Waals surface area contributed by atoms with E-state index in [0.29, 0.717) is 22.8 Å². The van der Waals surface area contributed by atoms with Crippen LogP contribution < -0.4 is 10.1 Å². The second kappa shape index (κ2) is 6.87. The lowest BCUT2D eigenvalue weighted by Crippen LogP contribution is -2.12. The van der Waals surface area contributed by atoms with Crippen molar-refractivity contribution in [2.24, 2.45) is 0 Å². The summed E-state index contributed by atoms with van der Waals surface area (Å²) in [6, 6.07) is 14.5. The van der Waals surface area contributed by atoms with Gasteiger partial charge in [0.05, 0.1) is 24.5 Å². The summed E-state index contributed by atoms with van der Waals surface area (Å²) in [4.78, 5) is 16.7. The quantitative estimate of drug-likeness (QED) is 0.585. The molecule has 0 bridgehead atoms. The number of carbonyl (C=O) groups is 1. The Balaban J connectivity index is 1.53. The SMILES string of the molecule is COc1ccc2cc(NC(=O)c3cc(-c4ccc(F)cc4)on3)cnc2c1. The standard InChI is InChI=1S/C20H14FN3O3/c1-26-16-7-4-13-8-15(11-22-17(13)9-16)23-20(25)18-10-19(27-24-18)12-2-5-14(21)6-3-12/h2-11H,1H3,(H,23,25). The molecule has 7 heteroatoms. The number of methoxy groups -OCH3 is 1. The average Bonchev–Trinajstić information content (AvgIpc) is 3.18. The maximum atomic E-state index is 13.0. The minimum absolute atomic E-state index is 0.115. The Bertz CT molecular complexity index is 1120. The smallest absolute Gasteiger partial charge is 0.277 e. The molecule has 2 aromatic carbocycles. The van der Waals surface area contributed by atoms with Gasteiger partial charge in [0.1, 0.15) is 11.6 Å². The third kappa shape index (κ3) is 3.48. The summed E-state index contributed by atoms with van der Waals surface area (Å²) < 4.78 is 23.4. The van der Waals surface area contributed by atoms with Crippen LogP contribution in [0.1, 0.15) is 10.5 Å². The largest absolute Gasteiger partial charge is 0.497 e. The van der Waals surface area contributed by atoms with Crippen molar-refractivity contribution in [2.45, 2.75) is 0 Å². The van der Waals surface area contributed by atoms with E-state index in [9.17, 15) is 9.18 Å². The number of rotatable bonds is 4. The van der Waals surface area contributed by atoms with E-state index in [1.54, 1.807) is 31.5 Å². The number of nitrogens with zero attached hydrogens (tertiary/aromatic N) is 2. The van der Waals surface area contributed by atoms with Gasteiger partial charge in [0.25, 0.3) is 5.91 Å². The van der Waals surface area contributed by atoms with Gasteiger partial charge in [-0.25, -0.2) is 4.39 Å². The predicted molar refractivity (Wildman–Crippen MR) is 98.1 cm³/mol. The summed E-state index contributed by atoms with van der Waals surface area (Å²) in [6.07, 6.45) is 1.56. The van der Waals surface area contributed by atoms with Crippen molar-refractivity contribution in [3.8, 4) is 17.1 Å². The van der Waals surface area contributed by atoms with Crippen molar-refractivity contribution in [2.75, 3.05) is 12.4 Å². The summed E-state index contributed by atoms with van der Waals surface area (Å²) in [5, 5.41) is 7.38. The van der Waals surface area contributed by atoms with Crippen LogP contribution in [0.15, 0.2) is 65.3 Å². The zero-order chi connectivity index (χ0) is 18.8. The maximum absolute atomic E-state index is 13.0. The minimum Gasteiger partial charge on any atom is -0.497 e. The average molecular weight is 363 g/mol. The third-order valence-electron chi connectivity index (χ3n) is 4.02. The highest BCUT2D eigenvalue weighted by Gasteiger charge is 2.14. The highest BCUT2D eigenvalue weighted by Crippen LogP contribution is 2.23. The van der Waals surface area contributed by atoms with Crippen LogP contribution in [0.4, 0.5) is 10.1 Å². The molecule has 0 atom stereocenters. The fraction of sp³-hybridized carbons (Fsp3) is 0.0500. The summed E-state index contributed by atoms with van der Waals surface area (Å²) >= 11 is 0. The first kappa shape index (κ1) is 16.7. The number of pyridine rings is 1. The van der Waals surface area contributed by atoms with Gasteiger partial charge < -0.3 is 14.6 Å². The fourth-order valence-corrected chi connectivity index (χ4v) is 2.62. The molecule has 4 rings (SSSR count). The normalized spacial score (nSPS) is 10.7. The van der Waals surface area contributed by atoms with Crippen LogP contribution in [-0.2, 0) is 0 Å². The first-order chi connectivity index (χ1) is 13.1. The monoisotopic (exact) mass is 363 g/mol. The first-order valence-corrected chi connectivity index (χ1v) is 8.10. The summed E-state index contributed by atoms with van der Waals surface area (Å²) in [5.41, 5.74) is 2.03. The lowest BCUT2D eigenvalue weighted by molar-refractivity contribution is 0.101. The lowest BCUT2D eigenvalue weighted by atomic mass is 10.1. The molecule has 2 aromatic heterocycles. The summed E-state index contributed by atoms with van der Waals surface area (Å²) in [6.45, 7) is 0. The van der Waals surface area contributed by atoms with Crippen molar-refractivity contribution in [1.29, 1.82) is 0 Å². The number of fused-ring (bicyclic) bond motifs is 1. The molecule has 0 saturated heterocycles. The van der Waals surface area contributed by atoms with Crippen LogP contribution in [0.3, 0.4) is 0 Å². The second-order valence-electron chi connectivity index (χ2n) is 5.82. The van der Waals surface area contributed by atoms with E-state index in [1.807, 2.05) is 18.2 Å². The number of aromatic nitrogens is 2. The molecule has 0 spiro atoms. The zero-order valence-electron chi connectivity index (χ0n) is 14.3. The van der Waals surface area contributed by atoms with Crippen LogP contribution >= 0.6 is 0 Å². The number of halogens is 1. The van der Waals surface area contributed by atoms with Crippen LogP contribution in [-0.4, -0.2) is 23.2 Å². The number of carbonyl (C=O) groups excluding carboxylic acids is 1. The molecule has 1 N–H and O–H groups in total. The molecule has 0 aliphatic carbocycles. The van der Waals surface area contributed by atoms with E-state index in [1.165, 1.54) is 18.2 Å². The minimum atomic E-state index is -0.429. The van der Waals surface area contributed by atoms with Gasteiger partial charge in [0, 0.05) is 23.1 Å². The van der Waals surface area contributed by atoms with Gasteiger partial charge in [-0.15, -0.1) is 0 Å². The van der Waals surface area contributed by atoms with E-state index in [0.717, 1.165) is 10.9 Å². The highest BCUT2D eigenvalue weighted by atomic mass is 19.1. The molecular weight excluding hydrogens is 349 g/mol. The van der Waals surface area contributed by atoms with Crippen molar-refractivity contribution >= 4 is 22.5 Å². The Kier molecular flexibility index (Phi) is 4.25. The van der Waals surface area contributed by atoms with E-state index < -0.39 is 5.91 Å². The molecular formula is C20H14FN3O3. The van der Waals surface area contributed by atoms with Crippen LogP contribution in [0.25, 0.3) is 22.2 Å². The molecule has 0 saturated carbocycles. The molecule has 27 heavy (non-hydrogen) atoms. The second-order valence-corrected chi connectivity index (χ2v) is 5.82. The number of nitrogens with one attached hydrogen (secondary N) is 1. The number of ether oxygens (including phenoxy) is 1. The number of hydrogen-bond donors (Lipinski definition) is 1. The Morgan fingerprint density at radius 1 is 1.11 bits per heavy atom. The number of anilines is 1. The van der Waals surface area contributed by atoms with Gasteiger partial charge in [-0.3, -0.25) is 9.78 Å². The Morgan fingerprint density at radius 2 is 1.93 bits per heavy atom. The van der Waals surface area contributed by atoms with E-state index >= 15 is 0 Å². The molecule has 4 aromatic rings. The van der Waals surface area contributed by atoms with Gasteiger partial charge in [-0.05, 0) is 42.5 Å². The van der Waals surface area contributed by atoms with E-state index in [-0.39, 0.29) is 11.5 Å². The Hall–Kier alpha value is -3.74. The highest BCUT2D eigenvalue weighted by molar-refractivity contribution is 6.04. The van der Waals surface area contributed by atoms with Crippen LogP contribution in [0.5, 0.6) is 5.75 Å². The summed E-state index contributed by atoms with van der Waals surface area (Å²) in [7, 11) is 1.59. The van der Waals surface area contributed by atoms with E-state index in [4.69, 9.17) is 9.26 Å². The van der Waals surface area contributed by atoms with Gasteiger partial charge >= 0.3 is 0 Å². The summed E-state index contributed by atoms with van der Waals surface area (Å²) in [5.74, 6) is 0.311. The Morgan fingerprint density at radius 3 is 2.70 bits per heavy atom. The first-order valence-electron chi connectivity index (χ1n) is 8.10. The van der Waals surface area contributed by atoms with Gasteiger partial charge in [0.15, 0.2) is 11.5 Å².